The van der Waals surface area contributed by atoms with Gasteiger partial charge in [0, 0.05) is 23.5 Å². The number of aryl methyl sites for hydroxylation is 2. The predicted molar refractivity (Wildman–Crippen MR) is 93.4 cm³/mol. The molecule has 0 saturated heterocycles. The molecule has 4 nitrogen and oxygen atoms in total. The normalized spacial score (nSPS) is 15.1. The Morgan fingerprint density at radius 1 is 1.22 bits per heavy atom. The molecule has 0 radical (unpaired) electrons. The maximum absolute atomic E-state index is 12.8. The lowest BCUT2D eigenvalue weighted by Gasteiger charge is -2.20. The van der Waals surface area contributed by atoms with Crippen molar-refractivity contribution in [2.45, 2.75) is 44.4 Å². The molecule has 0 unspecified atom stereocenters. The number of pyridine rings is 1. The van der Waals surface area contributed by atoms with Gasteiger partial charge in [-0.25, -0.2) is 18.1 Å². The summed E-state index contributed by atoms with van der Waals surface area (Å²) in [4.78, 5) is 4.48. The SMILES string of the molecule is CC(C)CNS(=O)(=O)c1cc2c(c3cnc(Cl)cc13)CCCC2. The molecule has 0 amide bonds. The van der Waals surface area contributed by atoms with Crippen molar-refractivity contribution >= 4 is 32.4 Å². The molecule has 0 fully saturated rings. The molecule has 0 spiro atoms. The van der Waals surface area contributed by atoms with E-state index in [1.54, 1.807) is 12.3 Å². The van der Waals surface area contributed by atoms with E-state index < -0.39 is 10.0 Å². The zero-order chi connectivity index (χ0) is 16.6. The van der Waals surface area contributed by atoms with E-state index in [1.165, 1.54) is 5.56 Å². The molecule has 124 valence electrons. The summed E-state index contributed by atoms with van der Waals surface area (Å²) < 4.78 is 28.2. The summed E-state index contributed by atoms with van der Waals surface area (Å²) in [5.74, 6) is 0.249. The van der Waals surface area contributed by atoms with Crippen molar-refractivity contribution in [3.8, 4) is 0 Å². The van der Waals surface area contributed by atoms with Gasteiger partial charge in [-0.3, -0.25) is 0 Å². The molecule has 0 saturated carbocycles. The van der Waals surface area contributed by atoms with Crippen LogP contribution < -0.4 is 4.72 Å². The van der Waals surface area contributed by atoms with Crippen molar-refractivity contribution in [2.75, 3.05) is 6.54 Å². The Morgan fingerprint density at radius 2 is 1.96 bits per heavy atom. The average Bonchev–Trinajstić information content (AvgIpc) is 2.52. The zero-order valence-corrected chi connectivity index (χ0v) is 15.0. The van der Waals surface area contributed by atoms with Crippen LogP contribution in [0.1, 0.15) is 37.8 Å². The summed E-state index contributed by atoms with van der Waals surface area (Å²) in [6.07, 6.45) is 5.82. The average molecular weight is 353 g/mol. The Bertz CT molecular complexity index is 847. The van der Waals surface area contributed by atoms with Gasteiger partial charge in [-0.1, -0.05) is 25.4 Å². The first kappa shape index (κ1) is 16.7. The van der Waals surface area contributed by atoms with Gasteiger partial charge in [-0.05, 0) is 54.9 Å². The number of nitrogens with one attached hydrogen (secondary N) is 1. The number of hydrogen-bond acceptors (Lipinski definition) is 3. The van der Waals surface area contributed by atoms with Crippen molar-refractivity contribution < 1.29 is 8.42 Å². The molecule has 1 heterocycles. The standard InChI is InChI=1S/C17H21ClN2O2S/c1-11(2)9-20-23(21,22)16-7-12-5-3-4-6-13(12)15-10-19-17(18)8-14(15)16/h7-8,10-11,20H,3-6,9H2,1-2H3. The summed E-state index contributed by atoms with van der Waals surface area (Å²) in [5.41, 5.74) is 2.34. The van der Waals surface area contributed by atoms with E-state index in [2.05, 4.69) is 9.71 Å². The van der Waals surface area contributed by atoms with Crippen LogP contribution in [0.15, 0.2) is 23.2 Å². The number of fused-ring (bicyclic) bond motifs is 3. The van der Waals surface area contributed by atoms with E-state index in [0.29, 0.717) is 22.0 Å². The van der Waals surface area contributed by atoms with Gasteiger partial charge < -0.3 is 0 Å². The highest BCUT2D eigenvalue weighted by Gasteiger charge is 2.23. The number of nitrogens with zero attached hydrogens (tertiary/aromatic N) is 1. The highest BCUT2D eigenvalue weighted by atomic mass is 35.5. The van der Waals surface area contributed by atoms with Crippen LogP contribution in [-0.2, 0) is 22.9 Å². The fraction of sp³-hybridized carbons (Fsp3) is 0.471. The summed E-state index contributed by atoms with van der Waals surface area (Å²) >= 11 is 6.03. The monoisotopic (exact) mass is 352 g/mol. The van der Waals surface area contributed by atoms with E-state index in [0.717, 1.165) is 36.6 Å². The van der Waals surface area contributed by atoms with Gasteiger partial charge in [-0.2, -0.15) is 0 Å². The summed E-state index contributed by atoms with van der Waals surface area (Å²) in [6.45, 7) is 4.38. The lowest BCUT2D eigenvalue weighted by atomic mass is 9.88. The number of benzene rings is 1. The minimum atomic E-state index is -3.57. The first-order valence-corrected chi connectivity index (χ1v) is 9.84. The topological polar surface area (TPSA) is 59.1 Å². The molecular formula is C17H21ClN2O2S. The van der Waals surface area contributed by atoms with Crippen LogP contribution in [0, 0.1) is 5.92 Å². The second kappa shape index (κ2) is 6.38. The third-order valence-corrected chi connectivity index (χ3v) is 5.92. The molecular weight excluding hydrogens is 332 g/mol. The molecule has 1 aromatic carbocycles. The Hall–Kier alpha value is -1.17. The number of sulfonamides is 1. The smallest absolute Gasteiger partial charge is 0.241 e. The van der Waals surface area contributed by atoms with Gasteiger partial charge >= 0.3 is 0 Å². The third kappa shape index (κ3) is 3.37. The molecule has 1 aliphatic carbocycles. The van der Waals surface area contributed by atoms with Crippen molar-refractivity contribution in [2.24, 2.45) is 5.92 Å². The maximum atomic E-state index is 12.8. The quantitative estimate of drug-likeness (QED) is 0.853. The van der Waals surface area contributed by atoms with E-state index in [4.69, 9.17) is 11.6 Å². The number of rotatable bonds is 4. The van der Waals surface area contributed by atoms with Gasteiger partial charge in [0.15, 0.2) is 0 Å². The van der Waals surface area contributed by atoms with Crippen LogP contribution in [0.25, 0.3) is 10.8 Å². The molecule has 0 aliphatic heterocycles. The molecule has 1 aliphatic rings. The van der Waals surface area contributed by atoms with Crippen molar-refractivity contribution in [3.05, 3.63) is 34.6 Å². The molecule has 23 heavy (non-hydrogen) atoms. The van der Waals surface area contributed by atoms with Gasteiger partial charge in [-0.15, -0.1) is 0 Å². The zero-order valence-electron chi connectivity index (χ0n) is 13.4. The fourth-order valence-electron chi connectivity index (χ4n) is 3.08. The van der Waals surface area contributed by atoms with E-state index in [-0.39, 0.29) is 5.92 Å². The molecule has 3 rings (SSSR count). The van der Waals surface area contributed by atoms with Crippen molar-refractivity contribution in [3.63, 3.8) is 0 Å². The largest absolute Gasteiger partial charge is 0.244 e. The molecule has 2 aromatic rings. The third-order valence-electron chi connectivity index (χ3n) is 4.25. The van der Waals surface area contributed by atoms with Gasteiger partial charge in [0.2, 0.25) is 10.0 Å². The van der Waals surface area contributed by atoms with E-state index in [1.807, 2.05) is 19.9 Å². The maximum Gasteiger partial charge on any atom is 0.241 e. The molecule has 0 atom stereocenters. The van der Waals surface area contributed by atoms with Crippen LogP contribution in [0.2, 0.25) is 5.15 Å². The van der Waals surface area contributed by atoms with Crippen LogP contribution in [0.5, 0.6) is 0 Å². The minimum absolute atomic E-state index is 0.249. The summed E-state index contributed by atoms with van der Waals surface area (Å²) in [6, 6.07) is 3.49. The molecule has 1 aromatic heterocycles. The van der Waals surface area contributed by atoms with Crippen LogP contribution in [0.3, 0.4) is 0 Å². The number of aromatic nitrogens is 1. The summed E-state index contributed by atoms with van der Waals surface area (Å²) in [7, 11) is -3.57. The Kier molecular flexibility index (Phi) is 4.63. The van der Waals surface area contributed by atoms with Gasteiger partial charge in [0.25, 0.3) is 0 Å². The highest BCUT2D eigenvalue weighted by Crippen LogP contribution is 2.34. The number of hydrogen-bond donors (Lipinski definition) is 1. The first-order valence-electron chi connectivity index (χ1n) is 7.98. The van der Waals surface area contributed by atoms with Crippen LogP contribution >= 0.6 is 11.6 Å². The van der Waals surface area contributed by atoms with E-state index in [9.17, 15) is 8.42 Å². The van der Waals surface area contributed by atoms with Gasteiger partial charge in [0.1, 0.15) is 5.15 Å². The van der Waals surface area contributed by atoms with E-state index >= 15 is 0 Å². The van der Waals surface area contributed by atoms with Crippen LogP contribution in [0.4, 0.5) is 0 Å². The lowest BCUT2D eigenvalue weighted by molar-refractivity contribution is 0.560. The molecule has 0 bridgehead atoms. The fourth-order valence-corrected chi connectivity index (χ4v) is 4.70. The summed E-state index contributed by atoms with van der Waals surface area (Å²) in [5, 5.41) is 1.90. The Balaban J connectivity index is 2.21. The lowest BCUT2D eigenvalue weighted by Crippen LogP contribution is -2.28. The molecule has 6 heteroatoms. The predicted octanol–water partition coefficient (Wildman–Crippen LogP) is 3.70. The van der Waals surface area contributed by atoms with Crippen molar-refractivity contribution in [1.29, 1.82) is 0 Å². The second-order valence-electron chi connectivity index (χ2n) is 6.52. The van der Waals surface area contributed by atoms with Crippen LogP contribution in [-0.4, -0.2) is 19.9 Å². The van der Waals surface area contributed by atoms with Gasteiger partial charge in [0.05, 0.1) is 4.90 Å². The Morgan fingerprint density at radius 3 is 2.70 bits per heavy atom. The minimum Gasteiger partial charge on any atom is -0.244 e. The molecule has 1 N–H and O–H groups in total. The highest BCUT2D eigenvalue weighted by molar-refractivity contribution is 7.89. The van der Waals surface area contributed by atoms with Crippen molar-refractivity contribution in [1.82, 2.24) is 9.71 Å². The number of halogens is 1. The second-order valence-corrected chi connectivity index (χ2v) is 8.64. The Labute approximate surface area is 142 Å². The first-order chi connectivity index (χ1) is 10.9.